The Morgan fingerprint density at radius 2 is 1.92 bits per heavy atom. The highest BCUT2D eigenvalue weighted by atomic mass is 32.1. The molecule has 1 aromatic heterocycles. The van der Waals surface area contributed by atoms with E-state index in [1.54, 1.807) is 0 Å². The zero-order chi connectivity index (χ0) is 17.2. The van der Waals surface area contributed by atoms with E-state index in [-0.39, 0.29) is 5.91 Å². The highest BCUT2D eigenvalue weighted by Gasteiger charge is 2.23. The summed E-state index contributed by atoms with van der Waals surface area (Å²) in [4.78, 5) is 19.1. The van der Waals surface area contributed by atoms with Crippen molar-refractivity contribution in [2.45, 2.75) is 19.8 Å². The second-order valence-electron chi connectivity index (χ2n) is 6.66. The molecule has 4 nitrogen and oxygen atoms in total. The predicted octanol–water partition coefficient (Wildman–Crippen LogP) is 4.91. The summed E-state index contributed by atoms with van der Waals surface area (Å²) in [6, 6.07) is 14.4. The Labute approximate surface area is 151 Å². The topological polar surface area (TPSA) is 45.2 Å². The lowest BCUT2D eigenvalue weighted by Gasteiger charge is -2.29. The summed E-state index contributed by atoms with van der Waals surface area (Å²) in [5.41, 5.74) is 1.56. The van der Waals surface area contributed by atoms with Crippen LogP contribution in [-0.4, -0.2) is 28.9 Å². The van der Waals surface area contributed by atoms with Crippen LogP contribution < -0.4 is 5.32 Å². The molecule has 0 spiro atoms. The molecule has 2 heterocycles. The third-order valence-corrected chi connectivity index (χ3v) is 5.58. The second-order valence-corrected chi connectivity index (χ2v) is 7.52. The third kappa shape index (κ3) is 3.37. The maximum atomic E-state index is 12.6. The number of hydrogen-bond acceptors (Lipinski definition) is 4. The maximum absolute atomic E-state index is 12.6. The van der Waals surface area contributed by atoms with E-state index in [2.05, 4.69) is 35.4 Å². The van der Waals surface area contributed by atoms with Gasteiger partial charge in [0.1, 0.15) is 5.69 Å². The molecular weight excluding hydrogens is 330 g/mol. The molecule has 0 atom stereocenters. The molecule has 5 heteroatoms. The molecule has 0 aliphatic carbocycles. The van der Waals surface area contributed by atoms with Crippen LogP contribution in [0.25, 0.3) is 10.8 Å². The Morgan fingerprint density at radius 1 is 1.16 bits per heavy atom. The highest BCUT2D eigenvalue weighted by molar-refractivity contribution is 7.14. The lowest BCUT2D eigenvalue weighted by atomic mass is 9.99. The van der Waals surface area contributed by atoms with E-state index in [1.165, 1.54) is 16.7 Å². The van der Waals surface area contributed by atoms with Gasteiger partial charge in [-0.1, -0.05) is 43.3 Å². The van der Waals surface area contributed by atoms with Crippen LogP contribution in [0, 0.1) is 5.92 Å². The monoisotopic (exact) mass is 351 g/mol. The number of nitrogens with one attached hydrogen (secondary N) is 1. The van der Waals surface area contributed by atoms with Crippen molar-refractivity contribution in [3.8, 4) is 0 Å². The normalized spacial score (nSPS) is 15.5. The summed E-state index contributed by atoms with van der Waals surface area (Å²) in [5, 5.41) is 8.31. The van der Waals surface area contributed by atoms with Crippen molar-refractivity contribution in [2.24, 2.45) is 5.92 Å². The van der Waals surface area contributed by atoms with E-state index in [0.717, 1.165) is 42.1 Å². The molecule has 0 radical (unpaired) electrons. The van der Waals surface area contributed by atoms with E-state index in [9.17, 15) is 4.79 Å². The number of aromatic nitrogens is 1. The van der Waals surface area contributed by atoms with Crippen molar-refractivity contribution < 1.29 is 4.79 Å². The quantitative estimate of drug-likeness (QED) is 0.729. The fourth-order valence-corrected chi connectivity index (χ4v) is 3.95. The van der Waals surface area contributed by atoms with Gasteiger partial charge in [-0.25, -0.2) is 4.98 Å². The van der Waals surface area contributed by atoms with Gasteiger partial charge in [0.2, 0.25) is 0 Å². The summed E-state index contributed by atoms with van der Waals surface area (Å²) in [7, 11) is 0. The lowest BCUT2D eigenvalue weighted by molar-refractivity contribution is 0.0692. The standard InChI is InChI=1S/C20H21N3OS/c1-14-9-11-23(12-10-14)19(24)18-13-25-20(22-18)21-17-8-4-6-15-5-2-3-7-16(15)17/h2-8,13-14H,9-12H2,1H3,(H,21,22). The molecule has 1 aliphatic heterocycles. The van der Waals surface area contributed by atoms with Gasteiger partial charge in [-0.15, -0.1) is 11.3 Å². The molecule has 0 bridgehead atoms. The number of likely N-dealkylation sites (tertiary alicyclic amines) is 1. The predicted molar refractivity (Wildman–Crippen MR) is 104 cm³/mol. The first-order valence-corrected chi connectivity index (χ1v) is 9.58. The minimum atomic E-state index is 0.0501. The molecule has 0 saturated carbocycles. The van der Waals surface area contributed by atoms with Gasteiger partial charge in [-0.05, 0) is 30.2 Å². The maximum Gasteiger partial charge on any atom is 0.273 e. The van der Waals surface area contributed by atoms with E-state index >= 15 is 0 Å². The summed E-state index contributed by atoms with van der Waals surface area (Å²) in [6.07, 6.45) is 2.16. The van der Waals surface area contributed by atoms with Crippen molar-refractivity contribution in [3.63, 3.8) is 0 Å². The number of benzene rings is 2. The number of thiazole rings is 1. The Balaban J connectivity index is 1.52. The van der Waals surface area contributed by atoms with Gasteiger partial charge in [-0.3, -0.25) is 4.79 Å². The van der Waals surface area contributed by atoms with Crippen LogP contribution in [-0.2, 0) is 0 Å². The zero-order valence-electron chi connectivity index (χ0n) is 14.2. The number of rotatable bonds is 3. The number of nitrogens with zero attached hydrogens (tertiary/aromatic N) is 2. The van der Waals surface area contributed by atoms with Crippen LogP contribution in [0.5, 0.6) is 0 Å². The molecule has 1 fully saturated rings. The number of fused-ring (bicyclic) bond motifs is 1. The smallest absolute Gasteiger partial charge is 0.273 e. The molecule has 1 amide bonds. The van der Waals surface area contributed by atoms with Gasteiger partial charge >= 0.3 is 0 Å². The molecule has 3 aromatic rings. The number of anilines is 2. The van der Waals surface area contributed by atoms with E-state index in [4.69, 9.17) is 0 Å². The lowest BCUT2D eigenvalue weighted by Crippen LogP contribution is -2.38. The van der Waals surface area contributed by atoms with Gasteiger partial charge in [0.25, 0.3) is 5.91 Å². The molecule has 0 unspecified atom stereocenters. The summed E-state index contributed by atoms with van der Waals surface area (Å²) < 4.78 is 0. The van der Waals surface area contributed by atoms with Crippen LogP contribution in [0.4, 0.5) is 10.8 Å². The highest BCUT2D eigenvalue weighted by Crippen LogP contribution is 2.28. The van der Waals surface area contributed by atoms with Gasteiger partial charge in [0.15, 0.2) is 5.13 Å². The van der Waals surface area contributed by atoms with Gasteiger partial charge in [0.05, 0.1) is 0 Å². The minimum Gasteiger partial charge on any atom is -0.337 e. The second kappa shape index (κ2) is 6.84. The minimum absolute atomic E-state index is 0.0501. The van der Waals surface area contributed by atoms with Gasteiger partial charge < -0.3 is 10.2 Å². The first-order chi connectivity index (χ1) is 12.2. The Kier molecular flexibility index (Phi) is 4.40. The van der Waals surface area contributed by atoms with Gasteiger partial charge in [0, 0.05) is 29.5 Å². The van der Waals surface area contributed by atoms with Crippen LogP contribution in [0.15, 0.2) is 47.8 Å². The number of amides is 1. The summed E-state index contributed by atoms with van der Waals surface area (Å²) >= 11 is 1.48. The van der Waals surface area contributed by atoms with Crippen LogP contribution in [0.1, 0.15) is 30.3 Å². The van der Waals surface area contributed by atoms with E-state index in [0.29, 0.717) is 11.6 Å². The van der Waals surface area contributed by atoms with E-state index < -0.39 is 0 Å². The number of piperidine rings is 1. The Morgan fingerprint density at radius 3 is 2.76 bits per heavy atom. The third-order valence-electron chi connectivity index (χ3n) is 4.83. The zero-order valence-corrected chi connectivity index (χ0v) is 15.1. The number of carbonyl (C=O) groups excluding carboxylic acids is 1. The molecular formula is C20H21N3OS. The van der Waals surface area contributed by atoms with Gasteiger partial charge in [-0.2, -0.15) is 0 Å². The molecule has 1 N–H and O–H groups in total. The molecule has 1 saturated heterocycles. The molecule has 4 rings (SSSR count). The number of hydrogen-bond donors (Lipinski definition) is 1. The molecule has 128 valence electrons. The molecule has 1 aliphatic rings. The van der Waals surface area contributed by atoms with E-state index in [1.807, 2.05) is 34.5 Å². The summed E-state index contributed by atoms with van der Waals surface area (Å²) in [5.74, 6) is 0.761. The van der Waals surface area contributed by atoms with Crippen LogP contribution in [0.3, 0.4) is 0 Å². The first-order valence-electron chi connectivity index (χ1n) is 8.70. The molecule has 25 heavy (non-hydrogen) atoms. The Bertz CT molecular complexity index is 891. The van der Waals surface area contributed by atoms with Crippen LogP contribution >= 0.6 is 11.3 Å². The van der Waals surface area contributed by atoms with Crippen molar-refractivity contribution in [3.05, 3.63) is 53.5 Å². The fraction of sp³-hybridized carbons (Fsp3) is 0.300. The largest absolute Gasteiger partial charge is 0.337 e. The molecule has 2 aromatic carbocycles. The van der Waals surface area contributed by atoms with Crippen molar-refractivity contribution >= 4 is 38.8 Å². The number of carbonyl (C=O) groups is 1. The van der Waals surface area contributed by atoms with Crippen LogP contribution in [0.2, 0.25) is 0 Å². The average Bonchev–Trinajstić information content (AvgIpc) is 3.11. The average molecular weight is 351 g/mol. The SMILES string of the molecule is CC1CCN(C(=O)c2csc(Nc3cccc4ccccc34)n2)CC1. The van der Waals surface area contributed by atoms with Crippen molar-refractivity contribution in [1.29, 1.82) is 0 Å². The summed E-state index contributed by atoms with van der Waals surface area (Å²) in [6.45, 7) is 3.92. The van der Waals surface area contributed by atoms with Crippen molar-refractivity contribution in [2.75, 3.05) is 18.4 Å². The first kappa shape index (κ1) is 16.1. The Hall–Kier alpha value is -2.40. The van der Waals surface area contributed by atoms with Crippen molar-refractivity contribution in [1.82, 2.24) is 9.88 Å². The fourth-order valence-electron chi connectivity index (χ4n) is 3.25.